The summed E-state index contributed by atoms with van der Waals surface area (Å²) in [5.41, 5.74) is 18.3. The molecule has 0 bridgehead atoms. The van der Waals surface area contributed by atoms with Crippen LogP contribution < -0.4 is 26.2 Å². The van der Waals surface area contributed by atoms with Crippen molar-refractivity contribution in [3.8, 4) is 101 Å². The molecule has 0 saturated heterocycles. The second-order valence-corrected chi connectivity index (χ2v) is 33.5. The smallest absolute Gasteiger partial charge is 0.252 e. The van der Waals surface area contributed by atoms with Gasteiger partial charge in [0.1, 0.15) is 0 Å². The van der Waals surface area contributed by atoms with Crippen LogP contribution in [0.4, 0.5) is 34.1 Å². The van der Waals surface area contributed by atoms with Gasteiger partial charge in [-0.05, 0) is 175 Å². The van der Waals surface area contributed by atoms with Crippen molar-refractivity contribution in [2.24, 2.45) is 0 Å². The third kappa shape index (κ3) is 13.4. The number of rotatable bonds is 11. The Balaban J connectivity index is 1.15. The van der Waals surface area contributed by atoms with E-state index in [0.717, 1.165) is 94.6 Å². The first-order valence-electron chi connectivity index (χ1n) is 44.3. The lowest BCUT2D eigenvalue weighted by Gasteiger charge is -2.46. The molecular formula is C101H94BN5. The molecule has 0 N–H and O–H groups in total. The monoisotopic (exact) mass is 1400 g/mol. The van der Waals surface area contributed by atoms with Crippen molar-refractivity contribution in [1.29, 1.82) is 0 Å². The van der Waals surface area contributed by atoms with E-state index in [1.165, 1.54) is 11.1 Å². The maximum absolute atomic E-state index is 9.79. The SMILES string of the molecule is [2H]c1c([2H])c([2H])c(-c2ccc3c(c2)N(c2c(-c4ccccc4)cc(C(C)(C)C)cc2-c2nc(-c4c([2H])c([2H])c([2H])c([2H])c4[2H])nc(-c4c([2H])c([2H])c([2H])c([2H])c4[2H])n2)c2cc(-c4cc(C(C)(C)C)cc(C(C)(C)C)c4)cc4c2B3c2ccc(-c3cc(C(C)(C)C)cc(C(C)(C)C)c3)cc2N4c2ccc(-c3ccccc3)cc2-c2ccccc2)c([2H])c1[2H]. The Morgan fingerprint density at radius 2 is 0.598 bits per heavy atom. The van der Waals surface area contributed by atoms with Gasteiger partial charge in [-0.1, -0.05) is 352 Å². The number of aromatic nitrogens is 3. The van der Waals surface area contributed by atoms with Crippen LogP contribution in [0.5, 0.6) is 0 Å². The number of anilines is 6. The zero-order valence-electron chi connectivity index (χ0n) is 78.4. The van der Waals surface area contributed by atoms with E-state index in [1.54, 1.807) is 0 Å². The third-order valence-electron chi connectivity index (χ3n) is 20.9. The lowest BCUT2D eigenvalue weighted by atomic mass is 9.33. The quantitative estimate of drug-likeness (QED) is 0.121. The lowest BCUT2D eigenvalue weighted by Crippen LogP contribution is -2.61. The highest BCUT2D eigenvalue weighted by Gasteiger charge is 2.46. The molecule has 3 heterocycles. The van der Waals surface area contributed by atoms with Gasteiger partial charge in [-0.2, -0.15) is 0 Å². The molecule has 0 fully saturated rings. The van der Waals surface area contributed by atoms with Gasteiger partial charge >= 0.3 is 0 Å². The van der Waals surface area contributed by atoms with Gasteiger partial charge in [-0.3, -0.25) is 0 Å². The van der Waals surface area contributed by atoms with Crippen molar-refractivity contribution in [3.05, 3.63) is 325 Å². The molecule has 2 aliphatic rings. The molecule has 0 unspecified atom stereocenters. The van der Waals surface area contributed by atoms with Gasteiger partial charge in [0.15, 0.2) is 17.5 Å². The van der Waals surface area contributed by atoms with Gasteiger partial charge in [0.2, 0.25) is 0 Å². The summed E-state index contributed by atoms with van der Waals surface area (Å²) in [5.74, 6) is -1.12. The van der Waals surface area contributed by atoms with E-state index in [0.29, 0.717) is 28.2 Å². The molecular weight excluding hydrogens is 1290 g/mol. The summed E-state index contributed by atoms with van der Waals surface area (Å²) < 4.78 is 139. The molecule has 0 radical (unpaired) electrons. The molecule has 16 rings (SSSR count). The average Bonchev–Trinajstić information content (AvgIpc) is 0.685. The van der Waals surface area contributed by atoms with Crippen molar-refractivity contribution in [3.63, 3.8) is 0 Å². The Hall–Kier alpha value is -11.5. The number of nitrogens with zero attached hydrogens (tertiary/aromatic N) is 5. The molecule has 107 heavy (non-hydrogen) atoms. The van der Waals surface area contributed by atoms with Crippen LogP contribution in [-0.4, -0.2) is 21.7 Å². The van der Waals surface area contributed by atoms with E-state index in [2.05, 4.69) is 241 Å². The van der Waals surface area contributed by atoms with Crippen LogP contribution in [0.2, 0.25) is 0 Å². The highest BCUT2D eigenvalue weighted by atomic mass is 15.2. The van der Waals surface area contributed by atoms with E-state index in [-0.39, 0.29) is 44.2 Å². The fraction of sp³-hybridized carbons (Fsp3) is 0.198. The highest BCUT2D eigenvalue weighted by molar-refractivity contribution is 7.00. The van der Waals surface area contributed by atoms with Crippen molar-refractivity contribution in [2.75, 3.05) is 9.80 Å². The van der Waals surface area contributed by atoms with Crippen LogP contribution in [0.1, 0.15) is 152 Å². The minimum absolute atomic E-state index is 0.0531. The lowest BCUT2D eigenvalue weighted by molar-refractivity contribution is 0.568. The normalized spacial score (nSPS) is 14.9. The van der Waals surface area contributed by atoms with Gasteiger partial charge in [-0.25, -0.2) is 15.0 Å². The van der Waals surface area contributed by atoms with Gasteiger partial charge in [0.05, 0.1) is 31.9 Å². The first-order chi connectivity index (χ1) is 57.4. The summed E-state index contributed by atoms with van der Waals surface area (Å²) in [6, 6.07) is 63.0. The standard InChI is InChI=1S/C101H94BN5/c1-97(2,3)77-52-74(53-78(61-77)98(4,5)6)73-47-50-85-88(58-73)106(87-51-48-71(65-34-22-16-23-35-65)56-82(87)67-38-26-18-27-39-67)90-59-76(75-54-79(99(7,8)9)62-80(55-75)100(10,11)12)60-91-92(90)102(85)86-49-46-72(66-36-24-17-25-37-66)57-89(86)107(91)93-83(68-40-28-19-29-41-68)63-81(101(13,14)15)64-84(93)96-104-94(69-42-30-20-31-43-69)103-95(105-96)70-44-32-21-33-45-70/h16-64H,1-15H3/i17D,20D,21D,24D,25D,30D,31D,32D,33D,36D,37D,42D,43D,44D,45D. The maximum atomic E-state index is 9.79. The molecule has 14 aromatic rings. The highest BCUT2D eigenvalue weighted by Crippen LogP contribution is 2.55. The predicted molar refractivity (Wildman–Crippen MR) is 456 cm³/mol. The Morgan fingerprint density at radius 1 is 0.252 bits per heavy atom. The molecule has 526 valence electrons. The third-order valence-corrected chi connectivity index (χ3v) is 20.9. The Labute approximate surface area is 656 Å². The van der Waals surface area contributed by atoms with E-state index in [4.69, 9.17) is 24.5 Å². The van der Waals surface area contributed by atoms with Crippen LogP contribution in [0.15, 0.2) is 297 Å². The zero-order valence-corrected chi connectivity index (χ0v) is 63.4. The summed E-state index contributed by atoms with van der Waals surface area (Å²) in [4.78, 5) is 20.1. The summed E-state index contributed by atoms with van der Waals surface area (Å²) in [7, 11) is 0. The molecule has 5 nitrogen and oxygen atoms in total. The van der Waals surface area contributed by atoms with Crippen LogP contribution in [0.25, 0.3) is 101 Å². The number of hydrogen-bond donors (Lipinski definition) is 0. The number of hydrogen-bond acceptors (Lipinski definition) is 5. The van der Waals surface area contributed by atoms with E-state index >= 15 is 0 Å². The van der Waals surface area contributed by atoms with E-state index in [9.17, 15) is 11.0 Å². The van der Waals surface area contributed by atoms with E-state index in [1.807, 2.05) is 78.9 Å². The molecule has 6 heteroatoms. The maximum Gasteiger partial charge on any atom is 0.252 e. The summed E-state index contributed by atoms with van der Waals surface area (Å²) in [6.45, 7) is 32.3. The second kappa shape index (κ2) is 26.8. The second-order valence-electron chi connectivity index (χ2n) is 33.5. The van der Waals surface area contributed by atoms with Gasteiger partial charge in [0.25, 0.3) is 6.71 Å². The van der Waals surface area contributed by atoms with Gasteiger partial charge in [-0.15, -0.1) is 0 Å². The molecule has 2 aliphatic heterocycles. The van der Waals surface area contributed by atoms with Crippen molar-refractivity contribution < 1.29 is 20.6 Å². The van der Waals surface area contributed by atoms with Gasteiger partial charge < -0.3 is 9.80 Å². The Morgan fingerprint density at radius 3 is 1.07 bits per heavy atom. The van der Waals surface area contributed by atoms with Crippen LogP contribution in [-0.2, 0) is 27.1 Å². The molecule has 0 aliphatic carbocycles. The minimum Gasteiger partial charge on any atom is -0.311 e. The molecule has 0 spiro atoms. The summed E-state index contributed by atoms with van der Waals surface area (Å²) >= 11 is 0. The number of fused-ring (bicyclic) bond motifs is 4. The Kier molecular flexibility index (Phi) is 13.6. The largest absolute Gasteiger partial charge is 0.311 e. The topological polar surface area (TPSA) is 45.2 Å². The van der Waals surface area contributed by atoms with Crippen LogP contribution >= 0.6 is 0 Å². The summed E-state index contributed by atoms with van der Waals surface area (Å²) in [5, 5.41) is 0. The van der Waals surface area contributed by atoms with Crippen LogP contribution in [0, 0.1) is 0 Å². The zero-order chi connectivity index (χ0) is 87.5. The first-order valence-corrected chi connectivity index (χ1v) is 36.8. The van der Waals surface area contributed by atoms with Gasteiger partial charge in [0, 0.05) is 50.6 Å². The van der Waals surface area contributed by atoms with E-state index < -0.39 is 126 Å². The molecule has 13 aromatic carbocycles. The van der Waals surface area contributed by atoms with Crippen molar-refractivity contribution >= 4 is 57.2 Å². The average molecular weight is 1400 g/mol. The minimum atomic E-state index is -0.714. The molecule has 0 atom stereocenters. The van der Waals surface area contributed by atoms with Crippen molar-refractivity contribution in [1.82, 2.24) is 15.0 Å². The molecule has 1 aromatic heterocycles. The van der Waals surface area contributed by atoms with Crippen LogP contribution in [0.3, 0.4) is 0 Å². The Bertz CT molecular complexity index is 6440. The molecule has 0 amide bonds. The molecule has 0 saturated carbocycles. The van der Waals surface area contributed by atoms with Crippen molar-refractivity contribution in [2.45, 2.75) is 131 Å². The fourth-order valence-electron chi connectivity index (χ4n) is 14.9. The first kappa shape index (κ1) is 54.2. The number of benzene rings is 13. The predicted octanol–water partition coefficient (Wildman–Crippen LogP) is 25.4. The summed E-state index contributed by atoms with van der Waals surface area (Å²) in [6.07, 6.45) is 0. The fourth-order valence-corrected chi connectivity index (χ4v) is 14.9.